The predicted molar refractivity (Wildman–Crippen MR) is 274 cm³/mol. The van der Waals surface area contributed by atoms with Crippen molar-refractivity contribution < 1.29 is 32.9 Å². The van der Waals surface area contributed by atoms with Crippen LogP contribution in [0.4, 0.5) is 0 Å². The van der Waals surface area contributed by atoms with E-state index in [2.05, 4.69) is 79.9 Å². The molecule has 64 heavy (non-hydrogen) atoms. The lowest BCUT2D eigenvalue weighted by atomic mass is 10.0. The molecule has 3 atom stereocenters. The van der Waals surface area contributed by atoms with Crippen LogP contribution in [0.3, 0.4) is 0 Å². The molecule has 9 heteroatoms. The van der Waals surface area contributed by atoms with Crippen LogP contribution in [-0.4, -0.2) is 68.5 Å². The predicted octanol–water partition coefficient (Wildman–Crippen LogP) is 14.9. The van der Waals surface area contributed by atoms with Gasteiger partial charge >= 0.3 is 0 Å². The van der Waals surface area contributed by atoms with Gasteiger partial charge in [0.2, 0.25) is 5.91 Å². The van der Waals surface area contributed by atoms with Crippen LogP contribution in [0.2, 0.25) is 0 Å². The van der Waals surface area contributed by atoms with Crippen molar-refractivity contribution in [1.29, 1.82) is 0 Å². The first kappa shape index (κ1) is 61.9. The number of carbonyl (C=O) groups excluding carboxylic acids is 1. The zero-order valence-electron chi connectivity index (χ0n) is 42.2. The smallest absolute Gasteiger partial charge is 0.268 e. The molecule has 0 aromatic heterocycles. The average molecular weight is 917 g/mol. The molecule has 0 radical (unpaired) electrons. The van der Waals surface area contributed by atoms with E-state index in [0.717, 1.165) is 89.9 Å². The number of likely N-dealkylation sites (N-methyl/N-ethyl adjacent to an activating group) is 1. The van der Waals surface area contributed by atoms with Crippen LogP contribution in [0.25, 0.3) is 0 Å². The number of phosphoric ester groups is 1. The van der Waals surface area contributed by atoms with Gasteiger partial charge in [0.1, 0.15) is 13.2 Å². The van der Waals surface area contributed by atoms with Gasteiger partial charge in [-0.15, -0.1) is 0 Å². The molecule has 0 spiro atoms. The average Bonchev–Trinajstić information content (AvgIpc) is 3.25. The highest BCUT2D eigenvalue weighted by atomic mass is 31.2. The van der Waals surface area contributed by atoms with Gasteiger partial charge in [-0.3, -0.25) is 9.36 Å². The summed E-state index contributed by atoms with van der Waals surface area (Å²) in [7, 11) is 1.24. The third-order valence-electron chi connectivity index (χ3n) is 11.4. The highest BCUT2D eigenvalue weighted by Crippen LogP contribution is 2.38. The molecule has 0 saturated carbocycles. The zero-order valence-corrected chi connectivity index (χ0v) is 43.1. The minimum Gasteiger partial charge on any atom is -0.756 e. The summed E-state index contributed by atoms with van der Waals surface area (Å²) < 4.78 is 23.3. The van der Waals surface area contributed by atoms with Crippen molar-refractivity contribution in [2.75, 3.05) is 40.9 Å². The van der Waals surface area contributed by atoms with E-state index in [0.29, 0.717) is 17.4 Å². The molecule has 3 unspecified atom stereocenters. The molecule has 0 aromatic rings. The summed E-state index contributed by atoms with van der Waals surface area (Å²) in [6.45, 7) is 4.52. The Hall–Kier alpha value is -2.06. The van der Waals surface area contributed by atoms with Crippen molar-refractivity contribution in [3.63, 3.8) is 0 Å². The maximum Gasteiger partial charge on any atom is 0.268 e. The van der Waals surface area contributed by atoms with Gasteiger partial charge in [-0.1, -0.05) is 222 Å². The molecule has 0 saturated heterocycles. The fraction of sp³-hybridized carbons (Fsp3) is 0.764. The molecular weight excluding hydrogens is 816 g/mol. The molecule has 0 heterocycles. The van der Waals surface area contributed by atoms with E-state index in [-0.39, 0.29) is 12.5 Å². The number of allylic oxidation sites excluding steroid dienone is 11. The molecule has 0 aromatic carbocycles. The number of unbranched alkanes of at least 4 members (excludes halogenated alkanes) is 24. The molecule has 0 rings (SSSR count). The Kier molecular flexibility index (Phi) is 44.6. The Morgan fingerprint density at radius 1 is 0.562 bits per heavy atom. The molecular formula is C55H101N2O6P. The van der Waals surface area contributed by atoms with Gasteiger partial charge in [0.15, 0.2) is 0 Å². The molecule has 1 amide bonds. The SMILES string of the molecule is CC/C=C\C/C=C\C/C=C\C/C=C\C/C=C\CCCCCCCC(=O)NC(COP(=O)([O-])OCC[N+](C)(C)C)C(O)/C=C/CCCCCCCCCCCCCCCCCCCCC. The Morgan fingerprint density at radius 2 is 0.953 bits per heavy atom. The largest absolute Gasteiger partial charge is 0.756 e. The monoisotopic (exact) mass is 917 g/mol. The molecule has 8 nitrogen and oxygen atoms in total. The van der Waals surface area contributed by atoms with Crippen LogP contribution in [-0.2, 0) is 18.4 Å². The van der Waals surface area contributed by atoms with Crippen LogP contribution in [0.15, 0.2) is 72.9 Å². The number of aliphatic hydroxyl groups excluding tert-OH is 1. The number of hydrogen-bond acceptors (Lipinski definition) is 6. The van der Waals surface area contributed by atoms with E-state index in [1.165, 1.54) is 109 Å². The van der Waals surface area contributed by atoms with Crippen molar-refractivity contribution in [2.24, 2.45) is 0 Å². The number of quaternary nitrogens is 1. The van der Waals surface area contributed by atoms with Crippen LogP contribution >= 0.6 is 7.82 Å². The fourth-order valence-electron chi connectivity index (χ4n) is 7.30. The first-order valence-electron chi connectivity index (χ1n) is 26.3. The van der Waals surface area contributed by atoms with Gasteiger partial charge in [0.05, 0.1) is 39.9 Å². The van der Waals surface area contributed by atoms with E-state index in [1.807, 2.05) is 27.2 Å². The van der Waals surface area contributed by atoms with Crippen LogP contribution < -0.4 is 10.2 Å². The van der Waals surface area contributed by atoms with Crippen LogP contribution in [0.5, 0.6) is 0 Å². The minimum atomic E-state index is -4.60. The van der Waals surface area contributed by atoms with Crippen LogP contribution in [0, 0.1) is 0 Å². The van der Waals surface area contributed by atoms with E-state index < -0.39 is 26.6 Å². The highest BCUT2D eigenvalue weighted by Gasteiger charge is 2.23. The highest BCUT2D eigenvalue weighted by molar-refractivity contribution is 7.45. The number of hydrogen-bond donors (Lipinski definition) is 2. The number of rotatable bonds is 47. The first-order valence-corrected chi connectivity index (χ1v) is 27.8. The Balaban J connectivity index is 4.36. The second-order valence-corrected chi connectivity index (χ2v) is 20.3. The Bertz CT molecular complexity index is 1270. The second-order valence-electron chi connectivity index (χ2n) is 18.9. The molecule has 0 bridgehead atoms. The summed E-state index contributed by atoms with van der Waals surface area (Å²) in [5, 5.41) is 13.8. The lowest BCUT2D eigenvalue weighted by molar-refractivity contribution is -0.870. The quantitative estimate of drug-likeness (QED) is 0.0272. The van der Waals surface area contributed by atoms with Crippen LogP contribution in [0.1, 0.15) is 219 Å². The van der Waals surface area contributed by atoms with Gasteiger partial charge in [-0.25, -0.2) is 0 Å². The lowest BCUT2D eigenvalue weighted by Crippen LogP contribution is -2.45. The van der Waals surface area contributed by atoms with Gasteiger partial charge in [0, 0.05) is 6.42 Å². The number of nitrogens with zero attached hydrogens (tertiary/aromatic N) is 1. The van der Waals surface area contributed by atoms with Crippen molar-refractivity contribution in [3.05, 3.63) is 72.9 Å². The summed E-state index contributed by atoms with van der Waals surface area (Å²) >= 11 is 0. The third kappa shape index (κ3) is 47.9. The Morgan fingerprint density at radius 3 is 1.39 bits per heavy atom. The summed E-state index contributed by atoms with van der Waals surface area (Å²) in [6, 6.07) is -0.901. The molecule has 2 N–H and O–H groups in total. The van der Waals surface area contributed by atoms with E-state index >= 15 is 0 Å². The van der Waals surface area contributed by atoms with Gasteiger partial charge in [-0.05, 0) is 64.2 Å². The van der Waals surface area contributed by atoms with E-state index in [1.54, 1.807) is 6.08 Å². The number of amides is 1. The standard InChI is InChI=1S/C55H101N2O6P/c1-6-8-10-12-14-16-18-20-22-24-26-28-30-32-34-36-38-40-42-44-46-48-54(58)53(52-63-64(60,61)62-51-50-57(3,4)5)56-55(59)49-47-45-43-41-39-37-35-33-31-29-27-25-23-21-19-17-15-13-11-9-7-2/h9,11,15,17,21,23,27,29,33,35,46,48,53-54,58H,6-8,10,12-14,16,18-20,22,24-26,28,30-32,34,36-45,47,49-52H2,1-5H3,(H-,56,59,60,61)/b11-9-,17-15-,23-21-,29-27-,35-33-,48-46+. The fourth-order valence-corrected chi connectivity index (χ4v) is 8.02. The zero-order chi connectivity index (χ0) is 47.1. The summed E-state index contributed by atoms with van der Waals surface area (Å²) in [5.41, 5.74) is 0. The van der Waals surface area contributed by atoms with Crippen molar-refractivity contribution in [2.45, 2.75) is 231 Å². The maximum absolute atomic E-state index is 12.9. The minimum absolute atomic E-state index is 0.00841. The van der Waals surface area contributed by atoms with Crippen molar-refractivity contribution in [3.8, 4) is 0 Å². The number of aliphatic hydroxyl groups is 1. The van der Waals surface area contributed by atoms with E-state index in [9.17, 15) is 19.4 Å². The molecule has 0 aliphatic rings. The normalized spacial score (nSPS) is 14.7. The number of nitrogens with one attached hydrogen (secondary N) is 1. The second kappa shape index (κ2) is 46.1. The Labute approximate surface area is 395 Å². The molecule has 0 aliphatic carbocycles. The van der Waals surface area contributed by atoms with E-state index in [4.69, 9.17) is 9.05 Å². The number of phosphoric acid groups is 1. The lowest BCUT2D eigenvalue weighted by Gasteiger charge is -2.29. The van der Waals surface area contributed by atoms with Gasteiger partial charge in [0.25, 0.3) is 7.82 Å². The number of carbonyl (C=O) groups is 1. The summed E-state index contributed by atoms with van der Waals surface area (Å²) in [5.74, 6) is -0.217. The summed E-state index contributed by atoms with van der Waals surface area (Å²) in [4.78, 5) is 25.4. The van der Waals surface area contributed by atoms with Crippen molar-refractivity contribution >= 4 is 13.7 Å². The first-order chi connectivity index (χ1) is 31.0. The molecule has 372 valence electrons. The molecule has 0 aliphatic heterocycles. The molecule has 0 fully saturated rings. The maximum atomic E-state index is 12.9. The third-order valence-corrected chi connectivity index (χ3v) is 12.4. The van der Waals surface area contributed by atoms with Gasteiger partial charge in [-0.2, -0.15) is 0 Å². The summed E-state index contributed by atoms with van der Waals surface area (Å²) in [6.07, 6.45) is 62.4. The van der Waals surface area contributed by atoms with Gasteiger partial charge < -0.3 is 28.8 Å². The van der Waals surface area contributed by atoms with Crippen molar-refractivity contribution in [1.82, 2.24) is 5.32 Å². The topological polar surface area (TPSA) is 108 Å².